The smallest absolute Gasteiger partial charge is 0.323 e. The summed E-state index contributed by atoms with van der Waals surface area (Å²) in [6, 6.07) is -0.142. The zero-order valence-electron chi connectivity index (χ0n) is 22.0. The number of ether oxygens (including phenoxy) is 3. The van der Waals surface area contributed by atoms with Crippen LogP contribution in [0, 0.1) is 23.2 Å². The number of nitrogens with two attached hydrogens (primary N) is 2. The number of hydrogen-bond acceptors (Lipinski definition) is 13. The van der Waals surface area contributed by atoms with E-state index in [1.165, 1.54) is 17.9 Å². The molecule has 1 saturated heterocycles. The zero-order valence-corrected chi connectivity index (χ0v) is 22.0. The monoisotopic (exact) mass is 531 g/mol. The Kier molecular flexibility index (Phi) is 8.82. The largest absolute Gasteiger partial charge is 0.454 e. The van der Waals surface area contributed by atoms with Crippen LogP contribution in [0.15, 0.2) is 6.33 Å². The first kappa shape index (κ1) is 28.7. The lowest BCUT2D eigenvalue weighted by Crippen LogP contribution is -2.50. The number of hydrogen-bond donors (Lipinski definition) is 4. The first-order chi connectivity index (χ1) is 17.9. The fourth-order valence-corrected chi connectivity index (χ4v) is 3.77. The standard InChI is InChI=1S/C23H33N9O6/c1-9(2)12(25)22(34)37-15-16(20(33)28-6)36-21(17(15)38-23(35)13(26)10(3)4)32-8-29-14-18(27-5)30-11(7-24)31-19(14)32/h8-10,12-13,15-17,21H,25-26H2,1-6H3,(H,28,33)(H,27,30,31)/t12-,13-,15+,16-,17+,21+/m0/s1. The van der Waals surface area contributed by atoms with E-state index in [1.807, 2.05) is 6.07 Å². The van der Waals surface area contributed by atoms with Crippen LogP contribution < -0.4 is 22.1 Å². The molecule has 0 aliphatic carbocycles. The summed E-state index contributed by atoms with van der Waals surface area (Å²) in [6.07, 6.45) is -4.04. The Morgan fingerprint density at radius 2 is 1.63 bits per heavy atom. The Labute approximate surface area is 219 Å². The van der Waals surface area contributed by atoms with Gasteiger partial charge in [-0.2, -0.15) is 15.2 Å². The van der Waals surface area contributed by atoms with Gasteiger partial charge in [0.05, 0.1) is 6.33 Å². The molecule has 1 fully saturated rings. The SMILES string of the molecule is CNC(=O)[C@H]1O[C@@H](n2cnc3c(NC)nc(C#N)nc32)[C@H](OC(=O)[C@@H](N)C(C)C)[C@@H]1OC(=O)[C@@H](N)C(C)C. The number of carbonyl (C=O) groups excluding carboxylic acids is 3. The van der Waals surface area contributed by atoms with Crippen molar-refractivity contribution >= 4 is 34.8 Å². The number of carbonyl (C=O) groups is 3. The number of anilines is 1. The molecule has 0 spiro atoms. The quantitative estimate of drug-likeness (QED) is 0.290. The molecule has 6 atom stereocenters. The number of fused-ring (bicyclic) bond motifs is 1. The van der Waals surface area contributed by atoms with Gasteiger partial charge in [-0.3, -0.25) is 19.0 Å². The van der Waals surface area contributed by atoms with Crippen molar-refractivity contribution in [3.63, 3.8) is 0 Å². The minimum Gasteiger partial charge on any atom is -0.454 e. The van der Waals surface area contributed by atoms with Gasteiger partial charge >= 0.3 is 11.9 Å². The van der Waals surface area contributed by atoms with Crippen molar-refractivity contribution in [1.29, 1.82) is 5.26 Å². The van der Waals surface area contributed by atoms with Crippen LogP contribution in [0.2, 0.25) is 0 Å². The third-order valence-corrected chi connectivity index (χ3v) is 6.21. The number of imidazole rings is 1. The molecule has 2 aromatic rings. The van der Waals surface area contributed by atoms with E-state index in [1.54, 1.807) is 34.7 Å². The van der Waals surface area contributed by atoms with Crippen LogP contribution in [-0.2, 0) is 28.6 Å². The van der Waals surface area contributed by atoms with Gasteiger partial charge in [0, 0.05) is 14.1 Å². The fraction of sp³-hybridized carbons (Fsp3) is 0.609. The highest BCUT2D eigenvalue weighted by molar-refractivity contribution is 5.85. The Morgan fingerprint density at radius 3 is 2.13 bits per heavy atom. The number of rotatable bonds is 9. The number of nitrogens with zero attached hydrogens (tertiary/aromatic N) is 5. The first-order valence-corrected chi connectivity index (χ1v) is 12.1. The maximum absolute atomic E-state index is 13.0. The van der Waals surface area contributed by atoms with Crippen molar-refractivity contribution < 1.29 is 28.6 Å². The van der Waals surface area contributed by atoms with E-state index >= 15 is 0 Å². The van der Waals surface area contributed by atoms with Crippen LogP contribution in [0.5, 0.6) is 0 Å². The molecule has 1 aliphatic rings. The van der Waals surface area contributed by atoms with Gasteiger partial charge in [0.1, 0.15) is 18.2 Å². The zero-order chi connectivity index (χ0) is 28.3. The highest BCUT2D eigenvalue weighted by Crippen LogP contribution is 2.37. The third-order valence-electron chi connectivity index (χ3n) is 6.21. The van der Waals surface area contributed by atoms with Gasteiger partial charge in [-0.05, 0) is 11.8 Å². The predicted octanol–water partition coefficient (Wildman–Crippen LogP) is -0.827. The second-order valence-electron chi connectivity index (χ2n) is 9.49. The van der Waals surface area contributed by atoms with Crippen molar-refractivity contribution in [3.8, 4) is 6.07 Å². The van der Waals surface area contributed by atoms with E-state index in [0.717, 1.165) is 0 Å². The molecule has 0 radical (unpaired) electrons. The number of amides is 1. The van der Waals surface area contributed by atoms with E-state index in [9.17, 15) is 19.6 Å². The molecule has 3 rings (SSSR count). The van der Waals surface area contributed by atoms with Crippen molar-refractivity contribution in [2.45, 2.75) is 64.3 Å². The lowest BCUT2D eigenvalue weighted by molar-refractivity contribution is -0.171. The highest BCUT2D eigenvalue weighted by atomic mass is 16.6. The molecule has 6 N–H and O–H groups in total. The summed E-state index contributed by atoms with van der Waals surface area (Å²) in [7, 11) is 2.98. The van der Waals surface area contributed by atoms with Crippen LogP contribution in [0.4, 0.5) is 5.82 Å². The van der Waals surface area contributed by atoms with E-state index in [-0.39, 0.29) is 34.6 Å². The van der Waals surface area contributed by atoms with Crippen molar-refractivity contribution in [3.05, 3.63) is 12.2 Å². The van der Waals surface area contributed by atoms with Gasteiger partial charge in [0.15, 0.2) is 41.5 Å². The predicted molar refractivity (Wildman–Crippen MR) is 133 cm³/mol. The molecule has 15 heteroatoms. The minimum atomic E-state index is -1.39. The molecule has 1 aliphatic heterocycles. The van der Waals surface area contributed by atoms with Gasteiger partial charge in [0.2, 0.25) is 5.82 Å². The summed E-state index contributed by atoms with van der Waals surface area (Å²) in [5.41, 5.74) is 12.4. The van der Waals surface area contributed by atoms with E-state index in [4.69, 9.17) is 25.7 Å². The normalized spacial score (nSPS) is 22.7. The third kappa shape index (κ3) is 5.52. The first-order valence-electron chi connectivity index (χ1n) is 12.1. The molecule has 0 bridgehead atoms. The second-order valence-corrected chi connectivity index (χ2v) is 9.49. The number of likely N-dealkylation sites (N-methyl/N-ethyl adjacent to an activating group) is 1. The van der Waals surface area contributed by atoms with Gasteiger partial charge in [-0.1, -0.05) is 27.7 Å². The van der Waals surface area contributed by atoms with Crippen LogP contribution in [0.1, 0.15) is 39.7 Å². The summed E-state index contributed by atoms with van der Waals surface area (Å²) < 4.78 is 18.8. The number of nitrogens with one attached hydrogen (secondary N) is 2. The fourth-order valence-electron chi connectivity index (χ4n) is 3.77. The molecule has 0 saturated carbocycles. The molecule has 1 amide bonds. The summed E-state index contributed by atoms with van der Waals surface area (Å²) in [5.74, 6) is -2.67. The van der Waals surface area contributed by atoms with E-state index < -0.39 is 54.5 Å². The van der Waals surface area contributed by atoms with Crippen LogP contribution in [-0.4, -0.2) is 81.9 Å². The molecule has 0 aromatic carbocycles. The number of esters is 2. The summed E-state index contributed by atoms with van der Waals surface area (Å²) >= 11 is 0. The molecule has 2 aromatic heterocycles. The topological polar surface area (TPSA) is 222 Å². The number of aromatic nitrogens is 4. The Morgan fingerprint density at radius 1 is 1.05 bits per heavy atom. The van der Waals surface area contributed by atoms with Crippen LogP contribution in [0.25, 0.3) is 11.2 Å². The average Bonchev–Trinajstić information content (AvgIpc) is 3.47. The Hall–Kier alpha value is -3.87. The minimum absolute atomic E-state index is 0.154. The molecule has 15 nitrogen and oxygen atoms in total. The molecular formula is C23H33N9O6. The maximum Gasteiger partial charge on any atom is 0.323 e. The Balaban J connectivity index is 2.15. The van der Waals surface area contributed by atoms with Crippen molar-refractivity contribution in [2.24, 2.45) is 23.3 Å². The average molecular weight is 532 g/mol. The van der Waals surface area contributed by atoms with Crippen molar-refractivity contribution in [2.75, 3.05) is 19.4 Å². The summed E-state index contributed by atoms with van der Waals surface area (Å²) in [5, 5.41) is 14.7. The summed E-state index contributed by atoms with van der Waals surface area (Å²) in [6.45, 7) is 6.95. The maximum atomic E-state index is 13.0. The van der Waals surface area contributed by atoms with E-state index in [0.29, 0.717) is 0 Å². The van der Waals surface area contributed by atoms with Crippen molar-refractivity contribution in [1.82, 2.24) is 24.8 Å². The lowest BCUT2D eigenvalue weighted by Gasteiger charge is -2.27. The molecule has 3 heterocycles. The molecule has 206 valence electrons. The molecule has 38 heavy (non-hydrogen) atoms. The summed E-state index contributed by atoms with van der Waals surface area (Å²) in [4.78, 5) is 51.3. The van der Waals surface area contributed by atoms with E-state index in [2.05, 4.69) is 25.6 Å². The second kappa shape index (κ2) is 11.7. The highest BCUT2D eigenvalue weighted by Gasteiger charge is 2.54. The lowest BCUT2D eigenvalue weighted by atomic mass is 10.0. The molecular weight excluding hydrogens is 498 g/mol. The van der Waals surface area contributed by atoms with Gasteiger partial charge in [0.25, 0.3) is 5.91 Å². The van der Waals surface area contributed by atoms with Gasteiger partial charge in [-0.25, -0.2) is 4.98 Å². The Bertz CT molecular complexity index is 1240. The van der Waals surface area contributed by atoms with Gasteiger partial charge in [-0.15, -0.1) is 0 Å². The van der Waals surface area contributed by atoms with Crippen LogP contribution in [0.3, 0.4) is 0 Å². The van der Waals surface area contributed by atoms with Gasteiger partial charge < -0.3 is 36.3 Å². The molecule has 0 unspecified atom stereocenters. The van der Waals surface area contributed by atoms with Crippen LogP contribution >= 0.6 is 0 Å². The number of nitriles is 1.